The number of ether oxygens (including phenoxy) is 1. The zero-order chi connectivity index (χ0) is 12.3. The molecule has 4 nitrogen and oxygen atoms in total. The van der Waals surface area contributed by atoms with E-state index in [1.807, 2.05) is 0 Å². The summed E-state index contributed by atoms with van der Waals surface area (Å²) in [5.74, 6) is -0.497. The van der Waals surface area contributed by atoms with Crippen LogP contribution in [0.15, 0.2) is 23.1 Å². The minimum absolute atomic E-state index is 0.190. The van der Waals surface area contributed by atoms with Gasteiger partial charge in [-0.2, -0.15) is 0 Å². The van der Waals surface area contributed by atoms with Crippen molar-refractivity contribution < 1.29 is 17.9 Å². The van der Waals surface area contributed by atoms with Gasteiger partial charge in [0, 0.05) is 6.26 Å². The quantitative estimate of drug-likeness (QED) is 0.471. The molecular weight excluding hydrogens is 252 g/mol. The van der Waals surface area contributed by atoms with Crippen LogP contribution in [0.5, 0.6) is 5.75 Å². The van der Waals surface area contributed by atoms with Gasteiger partial charge >= 0.3 is 5.97 Å². The molecule has 0 bridgehead atoms. The first-order valence-corrected chi connectivity index (χ1v) is 6.84. The second-order valence-electron chi connectivity index (χ2n) is 3.31. The van der Waals surface area contributed by atoms with Crippen LogP contribution in [0.2, 0.25) is 0 Å². The number of hydrogen-bond acceptors (Lipinski definition) is 4. The highest BCUT2D eigenvalue weighted by Gasteiger charge is 2.11. The number of carbonyl (C=O) groups is 1. The van der Waals surface area contributed by atoms with E-state index in [-0.39, 0.29) is 10.8 Å². The number of carbonyl (C=O) groups excluding carboxylic acids is 1. The zero-order valence-corrected chi connectivity index (χ0v) is 10.4. The van der Waals surface area contributed by atoms with Gasteiger partial charge < -0.3 is 4.74 Å². The molecule has 0 heterocycles. The standard InChI is InChI=1S/C10H11ClO4S/c1-7-5-8(16(2,13)14)3-4-9(7)15-10(12)6-11/h3-5H,6H2,1-2H3. The summed E-state index contributed by atoms with van der Waals surface area (Å²) in [4.78, 5) is 11.1. The van der Waals surface area contributed by atoms with Crippen molar-refractivity contribution in [3.63, 3.8) is 0 Å². The van der Waals surface area contributed by atoms with Crippen molar-refractivity contribution in [3.05, 3.63) is 23.8 Å². The number of hydrogen-bond donors (Lipinski definition) is 0. The first-order valence-electron chi connectivity index (χ1n) is 4.42. The molecule has 0 aliphatic heterocycles. The Morgan fingerprint density at radius 3 is 2.50 bits per heavy atom. The topological polar surface area (TPSA) is 60.4 Å². The van der Waals surface area contributed by atoms with Gasteiger partial charge in [0.15, 0.2) is 9.84 Å². The SMILES string of the molecule is Cc1cc(S(C)(=O)=O)ccc1OC(=O)CCl. The van der Waals surface area contributed by atoms with Gasteiger partial charge in [0.25, 0.3) is 0 Å². The Kier molecular flexibility index (Phi) is 3.93. The predicted molar refractivity (Wildman–Crippen MR) is 60.6 cm³/mol. The summed E-state index contributed by atoms with van der Waals surface area (Å²) in [6.45, 7) is 1.66. The molecule has 1 aromatic rings. The number of sulfone groups is 1. The lowest BCUT2D eigenvalue weighted by molar-refractivity contribution is -0.131. The van der Waals surface area contributed by atoms with Crippen molar-refractivity contribution in [2.24, 2.45) is 0 Å². The van der Waals surface area contributed by atoms with Crippen LogP contribution in [0.4, 0.5) is 0 Å². The molecule has 0 amide bonds. The van der Waals surface area contributed by atoms with Crippen LogP contribution < -0.4 is 4.74 Å². The summed E-state index contributed by atoms with van der Waals surface area (Å²) in [5.41, 5.74) is 0.571. The minimum Gasteiger partial charge on any atom is -0.425 e. The second kappa shape index (κ2) is 4.84. The summed E-state index contributed by atoms with van der Waals surface area (Å²) in [6, 6.07) is 4.28. The largest absolute Gasteiger partial charge is 0.425 e. The highest BCUT2D eigenvalue weighted by Crippen LogP contribution is 2.21. The Bertz CT molecular complexity index is 508. The molecule has 0 saturated carbocycles. The zero-order valence-electron chi connectivity index (χ0n) is 8.86. The molecule has 0 saturated heterocycles. The third-order valence-corrected chi connectivity index (χ3v) is 3.24. The molecule has 0 spiro atoms. The molecule has 0 aliphatic carbocycles. The second-order valence-corrected chi connectivity index (χ2v) is 5.59. The maximum Gasteiger partial charge on any atom is 0.326 e. The molecule has 0 radical (unpaired) electrons. The number of aryl methyl sites for hydroxylation is 1. The third-order valence-electron chi connectivity index (χ3n) is 1.91. The van der Waals surface area contributed by atoms with Crippen molar-refractivity contribution in [2.45, 2.75) is 11.8 Å². The van der Waals surface area contributed by atoms with E-state index in [0.29, 0.717) is 11.3 Å². The van der Waals surface area contributed by atoms with E-state index in [0.717, 1.165) is 6.26 Å². The number of rotatable bonds is 3. The van der Waals surface area contributed by atoms with Gasteiger partial charge in [-0.3, -0.25) is 4.79 Å². The number of esters is 1. The van der Waals surface area contributed by atoms with Crippen LogP contribution in [-0.2, 0) is 14.6 Å². The fourth-order valence-electron chi connectivity index (χ4n) is 1.12. The van der Waals surface area contributed by atoms with Crippen molar-refractivity contribution in [1.29, 1.82) is 0 Å². The Balaban J connectivity index is 3.06. The molecule has 0 atom stereocenters. The monoisotopic (exact) mass is 262 g/mol. The summed E-state index contributed by atoms with van der Waals surface area (Å²) in [5, 5.41) is 0. The van der Waals surface area contributed by atoms with Crippen LogP contribution in [-0.4, -0.2) is 26.5 Å². The molecule has 0 aromatic heterocycles. The maximum atomic E-state index is 11.2. The molecular formula is C10H11ClO4S. The predicted octanol–water partition coefficient (Wildman–Crippen LogP) is 1.54. The Morgan fingerprint density at radius 1 is 1.44 bits per heavy atom. The highest BCUT2D eigenvalue weighted by atomic mass is 35.5. The molecule has 1 rings (SSSR count). The normalized spacial score (nSPS) is 11.2. The molecule has 16 heavy (non-hydrogen) atoms. The maximum absolute atomic E-state index is 11.2. The van der Waals surface area contributed by atoms with Crippen molar-refractivity contribution >= 4 is 27.4 Å². The van der Waals surface area contributed by atoms with Crippen LogP contribution >= 0.6 is 11.6 Å². The van der Waals surface area contributed by atoms with Gasteiger partial charge in [-0.05, 0) is 30.7 Å². The molecule has 1 aromatic carbocycles. The lowest BCUT2D eigenvalue weighted by Gasteiger charge is -2.07. The summed E-state index contributed by atoms with van der Waals surface area (Å²) in [7, 11) is -3.24. The van der Waals surface area contributed by atoms with E-state index in [9.17, 15) is 13.2 Å². The van der Waals surface area contributed by atoms with Gasteiger partial charge in [-0.1, -0.05) is 0 Å². The van der Waals surface area contributed by atoms with E-state index in [2.05, 4.69) is 0 Å². The summed E-state index contributed by atoms with van der Waals surface area (Å²) >= 11 is 5.29. The highest BCUT2D eigenvalue weighted by molar-refractivity contribution is 7.90. The number of alkyl halides is 1. The fraction of sp³-hybridized carbons (Fsp3) is 0.300. The lowest BCUT2D eigenvalue weighted by Crippen LogP contribution is -2.10. The Labute approximate surface area is 99.1 Å². The average Bonchev–Trinajstić information content (AvgIpc) is 2.19. The molecule has 0 aliphatic rings. The van der Waals surface area contributed by atoms with Crippen LogP contribution in [0, 0.1) is 6.92 Å². The van der Waals surface area contributed by atoms with E-state index >= 15 is 0 Å². The average molecular weight is 263 g/mol. The molecule has 0 unspecified atom stereocenters. The van der Waals surface area contributed by atoms with Crippen LogP contribution in [0.1, 0.15) is 5.56 Å². The van der Waals surface area contributed by atoms with Gasteiger partial charge in [0.1, 0.15) is 11.6 Å². The fourth-order valence-corrected chi connectivity index (χ4v) is 1.88. The van der Waals surface area contributed by atoms with E-state index in [1.54, 1.807) is 6.92 Å². The van der Waals surface area contributed by atoms with Crippen molar-refractivity contribution in [1.82, 2.24) is 0 Å². The number of halogens is 1. The summed E-state index contributed by atoms with van der Waals surface area (Å²) in [6.07, 6.45) is 1.12. The molecule has 6 heteroatoms. The van der Waals surface area contributed by atoms with Gasteiger partial charge in [-0.25, -0.2) is 8.42 Å². The van der Waals surface area contributed by atoms with Gasteiger partial charge in [0.2, 0.25) is 0 Å². The lowest BCUT2D eigenvalue weighted by atomic mass is 10.2. The van der Waals surface area contributed by atoms with Gasteiger partial charge in [0.05, 0.1) is 4.90 Å². The van der Waals surface area contributed by atoms with E-state index in [4.69, 9.17) is 16.3 Å². The Morgan fingerprint density at radius 2 is 2.06 bits per heavy atom. The van der Waals surface area contributed by atoms with E-state index < -0.39 is 15.8 Å². The molecule has 88 valence electrons. The van der Waals surface area contributed by atoms with Gasteiger partial charge in [-0.15, -0.1) is 11.6 Å². The summed E-state index contributed by atoms with van der Waals surface area (Å²) < 4.78 is 27.4. The van der Waals surface area contributed by atoms with E-state index in [1.165, 1.54) is 18.2 Å². The first-order chi connectivity index (χ1) is 7.34. The Hall–Kier alpha value is -1.07. The van der Waals surface area contributed by atoms with Crippen molar-refractivity contribution in [2.75, 3.05) is 12.1 Å². The molecule has 0 N–H and O–H groups in total. The first kappa shape index (κ1) is 13.0. The minimum atomic E-state index is -3.24. The molecule has 0 fully saturated rings. The third kappa shape index (κ3) is 3.21. The van der Waals surface area contributed by atoms with Crippen LogP contribution in [0.3, 0.4) is 0 Å². The van der Waals surface area contributed by atoms with Crippen molar-refractivity contribution in [3.8, 4) is 5.75 Å². The number of benzene rings is 1. The smallest absolute Gasteiger partial charge is 0.326 e. The van der Waals surface area contributed by atoms with Crippen LogP contribution in [0.25, 0.3) is 0 Å².